The standard InChI is InChI=1S/C59H33N3O3/c1-2-13-35-32-37(27-26-34(35)12-1)57-60-58(62-59(61-57)47-20-11-25-52-56(47)45-17-6-8-22-49(45)64-52)43-31-30-41(39-14-3-4-15-40(39)43)42-19-10-24-51-55(42)46-29-28-36(33-53(46)65-51)38-18-9-23-50-54(38)44-16-5-7-21-48(44)63-50/h1-33H. The van der Waals surface area contributed by atoms with Crippen LogP contribution in [0, 0.1) is 0 Å². The van der Waals surface area contributed by atoms with E-state index in [1.807, 2.05) is 48.5 Å². The number of hydrogen-bond acceptors (Lipinski definition) is 6. The fraction of sp³-hybridized carbons (Fsp3) is 0. The Balaban J connectivity index is 0.950. The molecule has 0 bridgehead atoms. The van der Waals surface area contributed by atoms with E-state index in [1.54, 1.807) is 0 Å². The van der Waals surface area contributed by atoms with Gasteiger partial charge in [0.05, 0.1) is 0 Å². The van der Waals surface area contributed by atoms with Gasteiger partial charge in [0.25, 0.3) is 0 Å². The van der Waals surface area contributed by atoms with Gasteiger partial charge < -0.3 is 13.3 Å². The van der Waals surface area contributed by atoms with Crippen molar-refractivity contribution in [3.63, 3.8) is 0 Å². The minimum atomic E-state index is 0.578. The Morgan fingerprint density at radius 2 is 0.723 bits per heavy atom. The van der Waals surface area contributed by atoms with Crippen LogP contribution in [0.2, 0.25) is 0 Å². The highest BCUT2D eigenvalue weighted by molar-refractivity contribution is 6.18. The monoisotopic (exact) mass is 831 g/mol. The van der Waals surface area contributed by atoms with E-state index >= 15 is 0 Å². The predicted molar refractivity (Wildman–Crippen MR) is 264 cm³/mol. The van der Waals surface area contributed by atoms with Crippen molar-refractivity contribution in [1.29, 1.82) is 0 Å². The number of fused-ring (bicyclic) bond motifs is 11. The Hall–Kier alpha value is -8.87. The first kappa shape index (κ1) is 35.7. The SMILES string of the molecule is c1ccc2cc(-c3nc(-c4ccc(-c5cccc6oc7cc(-c8cccc9oc%10ccccc%10c89)ccc7c56)c5ccccc45)nc(-c4cccc5oc6ccccc6c45)n3)ccc2c1. The Labute approximate surface area is 370 Å². The van der Waals surface area contributed by atoms with Gasteiger partial charge in [-0.05, 0) is 98.4 Å². The fourth-order valence-electron chi connectivity index (χ4n) is 10.00. The van der Waals surface area contributed by atoms with E-state index in [0.29, 0.717) is 17.5 Å². The van der Waals surface area contributed by atoms with E-state index in [-0.39, 0.29) is 0 Å². The number of para-hydroxylation sites is 2. The lowest BCUT2D eigenvalue weighted by Gasteiger charge is -2.14. The van der Waals surface area contributed by atoms with Crippen LogP contribution < -0.4 is 0 Å². The summed E-state index contributed by atoms with van der Waals surface area (Å²) in [7, 11) is 0. The molecule has 0 aliphatic heterocycles. The van der Waals surface area contributed by atoms with Crippen molar-refractivity contribution in [1.82, 2.24) is 15.0 Å². The molecule has 0 spiro atoms. The average Bonchev–Trinajstić information content (AvgIpc) is 4.07. The Kier molecular flexibility index (Phi) is 7.59. The van der Waals surface area contributed by atoms with E-state index < -0.39 is 0 Å². The van der Waals surface area contributed by atoms with Crippen LogP contribution in [0.25, 0.3) is 144 Å². The normalized spacial score (nSPS) is 12.0. The maximum absolute atomic E-state index is 6.69. The van der Waals surface area contributed by atoms with Crippen molar-refractivity contribution in [2.75, 3.05) is 0 Å². The summed E-state index contributed by atoms with van der Waals surface area (Å²) in [6.45, 7) is 0. The number of furan rings is 3. The Morgan fingerprint density at radius 3 is 1.45 bits per heavy atom. The molecule has 0 saturated heterocycles. The van der Waals surface area contributed by atoms with Gasteiger partial charge in [-0.2, -0.15) is 0 Å². The van der Waals surface area contributed by atoms with Crippen LogP contribution in [-0.4, -0.2) is 15.0 Å². The van der Waals surface area contributed by atoms with Crippen molar-refractivity contribution in [2.24, 2.45) is 0 Å². The summed E-state index contributed by atoms with van der Waals surface area (Å²) in [4.78, 5) is 15.8. The second kappa shape index (κ2) is 13.8. The zero-order valence-electron chi connectivity index (χ0n) is 34.6. The highest BCUT2D eigenvalue weighted by Crippen LogP contribution is 2.44. The second-order valence-corrected chi connectivity index (χ2v) is 16.6. The highest BCUT2D eigenvalue weighted by atomic mass is 16.3. The first-order valence-electron chi connectivity index (χ1n) is 21.7. The molecule has 6 heteroatoms. The molecule has 0 radical (unpaired) electrons. The molecule has 302 valence electrons. The molecule has 0 aliphatic carbocycles. The first-order chi connectivity index (χ1) is 32.2. The number of hydrogen-bond donors (Lipinski definition) is 0. The van der Waals surface area contributed by atoms with E-state index in [1.165, 1.54) is 0 Å². The summed E-state index contributed by atoms with van der Waals surface area (Å²) in [6.07, 6.45) is 0. The maximum Gasteiger partial charge on any atom is 0.164 e. The lowest BCUT2D eigenvalue weighted by Crippen LogP contribution is -2.01. The predicted octanol–water partition coefficient (Wildman–Crippen LogP) is 16.2. The summed E-state index contributed by atoms with van der Waals surface area (Å²) >= 11 is 0. The van der Waals surface area contributed by atoms with Gasteiger partial charge in [0.2, 0.25) is 0 Å². The second-order valence-electron chi connectivity index (χ2n) is 16.6. The van der Waals surface area contributed by atoms with Gasteiger partial charge in [-0.15, -0.1) is 0 Å². The number of rotatable bonds is 5. The molecule has 65 heavy (non-hydrogen) atoms. The van der Waals surface area contributed by atoms with E-state index in [4.69, 9.17) is 28.2 Å². The van der Waals surface area contributed by atoms with E-state index in [9.17, 15) is 0 Å². The van der Waals surface area contributed by atoms with Crippen molar-refractivity contribution >= 4 is 87.4 Å². The first-order valence-corrected chi connectivity index (χ1v) is 21.7. The van der Waals surface area contributed by atoms with Gasteiger partial charge in [-0.25, -0.2) is 15.0 Å². The largest absolute Gasteiger partial charge is 0.456 e. The van der Waals surface area contributed by atoms with Crippen molar-refractivity contribution < 1.29 is 13.3 Å². The average molecular weight is 832 g/mol. The van der Waals surface area contributed by atoms with Crippen LogP contribution in [0.4, 0.5) is 0 Å². The third-order valence-corrected chi connectivity index (χ3v) is 13.0. The summed E-state index contributed by atoms with van der Waals surface area (Å²) in [5, 5.41) is 10.7. The van der Waals surface area contributed by atoms with Crippen LogP contribution in [0.1, 0.15) is 0 Å². The Morgan fingerprint density at radius 1 is 0.246 bits per heavy atom. The molecule has 0 fully saturated rings. The third-order valence-electron chi connectivity index (χ3n) is 13.0. The molecule has 4 aromatic heterocycles. The van der Waals surface area contributed by atoms with Crippen LogP contribution in [0.3, 0.4) is 0 Å². The molecule has 6 nitrogen and oxygen atoms in total. The maximum atomic E-state index is 6.69. The number of aromatic nitrogens is 3. The molecular formula is C59H33N3O3. The van der Waals surface area contributed by atoms with Crippen molar-refractivity contribution in [3.05, 3.63) is 200 Å². The summed E-state index contributed by atoms with van der Waals surface area (Å²) in [6, 6.07) is 69.2. The molecule has 0 N–H and O–H groups in total. The summed E-state index contributed by atoms with van der Waals surface area (Å²) in [5.41, 5.74) is 12.1. The van der Waals surface area contributed by atoms with Crippen LogP contribution in [-0.2, 0) is 0 Å². The van der Waals surface area contributed by atoms with E-state index in [0.717, 1.165) is 126 Å². The molecule has 0 saturated carbocycles. The summed E-state index contributed by atoms with van der Waals surface area (Å²) in [5.74, 6) is 1.76. The molecule has 10 aromatic carbocycles. The van der Waals surface area contributed by atoms with Crippen molar-refractivity contribution in [2.45, 2.75) is 0 Å². The van der Waals surface area contributed by atoms with Gasteiger partial charge in [0.15, 0.2) is 17.5 Å². The number of nitrogens with zero attached hydrogens (tertiary/aromatic N) is 3. The molecule has 0 unspecified atom stereocenters. The van der Waals surface area contributed by atoms with Gasteiger partial charge in [-0.1, -0.05) is 146 Å². The van der Waals surface area contributed by atoms with Crippen molar-refractivity contribution in [3.8, 4) is 56.4 Å². The van der Waals surface area contributed by atoms with Gasteiger partial charge in [0, 0.05) is 49.0 Å². The van der Waals surface area contributed by atoms with Gasteiger partial charge >= 0.3 is 0 Å². The molecule has 4 heterocycles. The molecule has 14 rings (SSSR count). The molecular weight excluding hydrogens is 799 g/mol. The Bertz CT molecular complexity index is 4270. The minimum absolute atomic E-state index is 0.578. The molecule has 0 aliphatic rings. The lowest BCUT2D eigenvalue weighted by atomic mass is 9.92. The zero-order valence-corrected chi connectivity index (χ0v) is 34.6. The van der Waals surface area contributed by atoms with Gasteiger partial charge in [0.1, 0.15) is 33.5 Å². The minimum Gasteiger partial charge on any atom is -0.456 e. The highest BCUT2D eigenvalue weighted by Gasteiger charge is 2.22. The third kappa shape index (κ3) is 5.51. The number of benzene rings is 10. The van der Waals surface area contributed by atoms with Gasteiger partial charge in [-0.3, -0.25) is 0 Å². The van der Waals surface area contributed by atoms with Crippen LogP contribution in [0.5, 0.6) is 0 Å². The van der Waals surface area contributed by atoms with E-state index in [2.05, 4.69) is 152 Å². The summed E-state index contributed by atoms with van der Waals surface area (Å²) < 4.78 is 19.3. The quantitative estimate of drug-likeness (QED) is 0.172. The molecule has 0 amide bonds. The molecule has 0 atom stereocenters. The zero-order chi connectivity index (χ0) is 42.6. The van der Waals surface area contributed by atoms with Crippen LogP contribution in [0.15, 0.2) is 213 Å². The molecule has 14 aromatic rings. The van der Waals surface area contributed by atoms with Crippen LogP contribution >= 0.6 is 0 Å². The topological polar surface area (TPSA) is 78.1 Å². The lowest BCUT2D eigenvalue weighted by molar-refractivity contribution is 0.668. The fourth-order valence-corrected chi connectivity index (χ4v) is 10.00. The smallest absolute Gasteiger partial charge is 0.164 e.